The second kappa shape index (κ2) is 8.11. The SMILES string of the molecule is O=C(Cc1ccc(Cl)cc1)Oc1ccc2cc(-c3ccc(Cl)cc3)c(=O)oc2c1. The molecule has 0 aliphatic rings. The normalized spacial score (nSPS) is 10.8. The molecule has 1 heterocycles. The Labute approximate surface area is 176 Å². The van der Waals surface area contributed by atoms with Gasteiger partial charge in [0.25, 0.3) is 0 Å². The van der Waals surface area contributed by atoms with Crippen LogP contribution in [0.2, 0.25) is 10.0 Å². The van der Waals surface area contributed by atoms with E-state index in [-0.39, 0.29) is 6.42 Å². The van der Waals surface area contributed by atoms with Gasteiger partial charge in [-0.15, -0.1) is 0 Å². The zero-order chi connectivity index (χ0) is 20.4. The maximum Gasteiger partial charge on any atom is 0.344 e. The molecule has 0 amide bonds. The van der Waals surface area contributed by atoms with Gasteiger partial charge in [0.1, 0.15) is 11.3 Å². The zero-order valence-corrected chi connectivity index (χ0v) is 16.5. The summed E-state index contributed by atoms with van der Waals surface area (Å²) in [4.78, 5) is 24.6. The Morgan fingerprint density at radius 2 is 1.52 bits per heavy atom. The first-order valence-electron chi connectivity index (χ1n) is 8.77. The lowest BCUT2D eigenvalue weighted by Crippen LogP contribution is -2.11. The molecule has 0 aliphatic heterocycles. The van der Waals surface area contributed by atoms with Crippen LogP contribution in [0.4, 0.5) is 0 Å². The predicted octanol–water partition coefficient (Wildman–Crippen LogP) is 5.91. The predicted molar refractivity (Wildman–Crippen MR) is 114 cm³/mol. The fourth-order valence-corrected chi connectivity index (χ4v) is 3.17. The number of hydrogen-bond donors (Lipinski definition) is 0. The van der Waals surface area contributed by atoms with Crippen LogP contribution in [-0.4, -0.2) is 5.97 Å². The molecular weight excluding hydrogens is 411 g/mol. The van der Waals surface area contributed by atoms with Gasteiger partial charge in [-0.3, -0.25) is 4.79 Å². The second-order valence-electron chi connectivity index (χ2n) is 6.43. The van der Waals surface area contributed by atoms with Gasteiger partial charge in [-0.1, -0.05) is 47.5 Å². The van der Waals surface area contributed by atoms with E-state index in [1.165, 1.54) is 6.07 Å². The second-order valence-corrected chi connectivity index (χ2v) is 7.30. The quantitative estimate of drug-likeness (QED) is 0.232. The number of esters is 1. The van der Waals surface area contributed by atoms with E-state index in [0.717, 1.165) is 5.56 Å². The van der Waals surface area contributed by atoms with Crippen molar-refractivity contribution in [2.75, 3.05) is 0 Å². The Morgan fingerprint density at radius 1 is 0.862 bits per heavy atom. The van der Waals surface area contributed by atoms with E-state index >= 15 is 0 Å². The molecule has 0 saturated heterocycles. The third-order valence-corrected chi connectivity index (χ3v) is 4.86. The average Bonchev–Trinajstić information content (AvgIpc) is 2.70. The molecule has 4 aromatic rings. The van der Waals surface area contributed by atoms with E-state index in [1.807, 2.05) is 0 Å². The van der Waals surface area contributed by atoms with Gasteiger partial charge in [-0.25, -0.2) is 4.79 Å². The van der Waals surface area contributed by atoms with E-state index in [0.29, 0.717) is 37.9 Å². The number of carbonyl (C=O) groups excluding carboxylic acids is 1. The molecule has 144 valence electrons. The standard InChI is InChI=1S/C23H14Cl2O4/c24-17-6-1-14(2-7-17)11-22(26)28-19-10-5-16-12-20(23(27)29-21(16)13-19)15-3-8-18(25)9-4-15/h1-10,12-13H,11H2. The van der Waals surface area contributed by atoms with Crippen LogP contribution in [0.25, 0.3) is 22.1 Å². The highest BCUT2D eigenvalue weighted by Crippen LogP contribution is 2.25. The third kappa shape index (κ3) is 4.50. The molecule has 0 radical (unpaired) electrons. The minimum Gasteiger partial charge on any atom is -0.426 e. The first kappa shape index (κ1) is 19.2. The number of hydrogen-bond acceptors (Lipinski definition) is 4. The minimum atomic E-state index is -0.482. The Morgan fingerprint density at radius 3 is 2.21 bits per heavy atom. The highest BCUT2D eigenvalue weighted by Gasteiger charge is 2.11. The fraction of sp³-hybridized carbons (Fsp3) is 0.0435. The lowest BCUT2D eigenvalue weighted by Gasteiger charge is -2.07. The summed E-state index contributed by atoms with van der Waals surface area (Å²) >= 11 is 11.7. The zero-order valence-electron chi connectivity index (χ0n) is 15.0. The van der Waals surface area contributed by atoms with Crippen molar-refractivity contribution in [3.63, 3.8) is 0 Å². The minimum absolute atomic E-state index is 0.106. The lowest BCUT2D eigenvalue weighted by atomic mass is 10.1. The maximum absolute atomic E-state index is 12.4. The number of halogens is 2. The monoisotopic (exact) mass is 424 g/mol. The largest absolute Gasteiger partial charge is 0.426 e. The molecule has 3 aromatic carbocycles. The van der Waals surface area contributed by atoms with Gasteiger partial charge in [0.05, 0.1) is 12.0 Å². The van der Waals surface area contributed by atoms with Gasteiger partial charge in [0.2, 0.25) is 0 Å². The molecule has 6 heteroatoms. The van der Waals surface area contributed by atoms with Crippen LogP contribution in [0.1, 0.15) is 5.56 Å². The Hall–Kier alpha value is -3.08. The highest BCUT2D eigenvalue weighted by atomic mass is 35.5. The summed E-state index contributed by atoms with van der Waals surface area (Å²) in [7, 11) is 0. The summed E-state index contributed by atoms with van der Waals surface area (Å²) in [5.74, 6) is -0.120. The molecule has 1 aromatic heterocycles. The molecule has 4 nitrogen and oxygen atoms in total. The van der Waals surface area contributed by atoms with Crippen LogP contribution in [0.3, 0.4) is 0 Å². The van der Waals surface area contributed by atoms with Crippen LogP contribution < -0.4 is 10.4 Å². The molecular formula is C23H14Cl2O4. The summed E-state index contributed by atoms with van der Waals surface area (Å²) < 4.78 is 10.8. The number of fused-ring (bicyclic) bond motifs is 1. The number of ether oxygens (including phenoxy) is 1. The lowest BCUT2D eigenvalue weighted by molar-refractivity contribution is -0.133. The molecule has 0 saturated carbocycles. The smallest absolute Gasteiger partial charge is 0.344 e. The maximum atomic E-state index is 12.4. The van der Waals surface area contributed by atoms with Crippen molar-refractivity contribution < 1.29 is 13.9 Å². The summed E-state index contributed by atoms with van der Waals surface area (Å²) in [5.41, 5.74) is 1.79. The molecule has 0 aliphatic carbocycles. The van der Waals surface area contributed by atoms with Crippen molar-refractivity contribution >= 4 is 40.1 Å². The summed E-state index contributed by atoms with van der Waals surface area (Å²) in [5, 5.41) is 1.90. The first-order valence-corrected chi connectivity index (χ1v) is 9.52. The van der Waals surface area contributed by atoms with Gasteiger partial charge >= 0.3 is 11.6 Å². The van der Waals surface area contributed by atoms with Crippen LogP contribution in [0, 0.1) is 0 Å². The van der Waals surface area contributed by atoms with E-state index in [4.69, 9.17) is 32.4 Å². The van der Waals surface area contributed by atoms with Gasteiger partial charge < -0.3 is 9.15 Å². The summed E-state index contributed by atoms with van der Waals surface area (Å²) in [6, 6.07) is 20.6. The number of rotatable bonds is 4. The molecule has 0 unspecified atom stereocenters. The van der Waals surface area contributed by atoms with E-state index < -0.39 is 11.6 Å². The van der Waals surface area contributed by atoms with Crippen molar-refractivity contribution in [3.05, 3.63) is 98.8 Å². The molecule has 0 fully saturated rings. The molecule has 0 spiro atoms. The van der Waals surface area contributed by atoms with Crippen molar-refractivity contribution in [3.8, 4) is 16.9 Å². The van der Waals surface area contributed by atoms with E-state index in [1.54, 1.807) is 66.7 Å². The first-order chi connectivity index (χ1) is 14.0. The van der Waals surface area contributed by atoms with Crippen LogP contribution in [0.5, 0.6) is 5.75 Å². The molecule has 0 bridgehead atoms. The average molecular weight is 425 g/mol. The van der Waals surface area contributed by atoms with Crippen LogP contribution in [0.15, 0.2) is 82.0 Å². The van der Waals surface area contributed by atoms with Gasteiger partial charge in [0.15, 0.2) is 0 Å². The van der Waals surface area contributed by atoms with Gasteiger partial charge in [-0.2, -0.15) is 0 Å². The molecule has 29 heavy (non-hydrogen) atoms. The molecule has 0 N–H and O–H groups in total. The van der Waals surface area contributed by atoms with Crippen molar-refractivity contribution in [2.24, 2.45) is 0 Å². The van der Waals surface area contributed by atoms with Gasteiger partial charge in [-0.05, 0) is 53.6 Å². The topological polar surface area (TPSA) is 56.5 Å². The molecule has 0 atom stereocenters. The van der Waals surface area contributed by atoms with Crippen molar-refractivity contribution in [1.82, 2.24) is 0 Å². The van der Waals surface area contributed by atoms with Crippen LogP contribution in [-0.2, 0) is 11.2 Å². The van der Waals surface area contributed by atoms with E-state index in [2.05, 4.69) is 0 Å². The Bertz CT molecular complexity index is 1240. The Kier molecular flexibility index (Phi) is 5.38. The van der Waals surface area contributed by atoms with Crippen molar-refractivity contribution in [2.45, 2.75) is 6.42 Å². The molecule has 4 rings (SSSR count). The summed E-state index contributed by atoms with van der Waals surface area (Å²) in [6.45, 7) is 0. The number of benzene rings is 3. The third-order valence-electron chi connectivity index (χ3n) is 4.36. The number of carbonyl (C=O) groups is 1. The van der Waals surface area contributed by atoms with Gasteiger partial charge in [0, 0.05) is 21.5 Å². The summed E-state index contributed by atoms with van der Waals surface area (Å²) in [6.07, 6.45) is 0.106. The van der Waals surface area contributed by atoms with Crippen molar-refractivity contribution in [1.29, 1.82) is 0 Å². The fourth-order valence-electron chi connectivity index (χ4n) is 2.92. The van der Waals surface area contributed by atoms with Crippen LogP contribution >= 0.6 is 23.2 Å². The highest BCUT2D eigenvalue weighted by molar-refractivity contribution is 6.30. The van der Waals surface area contributed by atoms with E-state index in [9.17, 15) is 9.59 Å². The Balaban J connectivity index is 1.57.